The Morgan fingerprint density at radius 1 is 1.67 bits per heavy atom. The van der Waals surface area contributed by atoms with E-state index >= 15 is 0 Å². The predicted molar refractivity (Wildman–Crippen MR) is 71.5 cm³/mol. The fourth-order valence-corrected chi connectivity index (χ4v) is 4.57. The van der Waals surface area contributed by atoms with E-state index in [0.29, 0.717) is 16.4 Å². The molecule has 0 saturated carbocycles. The standard InChI is InChI=1S/C9H12ClN3O3S2/c1-5(2-3-14)8-12-18(15,16)9-6(13(8)11)4-7(10)17-9/h4-5,14H,2-3,11H2,1H3. The lowest BCUT2D eigenvalue weighted by molar-refractivity contribution is 0.277. The predicted octanol–water partition coefficient (Wildman–Crippen LogP) is 1.20. The molecule has 0 saturated heterocycles. The molecule has 0 aromatic carbocycles. The van der Waals surface area contributed by atoms with Gasteiger partial charge in [0.05, 0.1) is 10.0 Å². The van der Waals surface area contributed by atoms with Crippen LogP contribution in [0, 0.1) is 5.92 Å². The number of amidine groups is 1. The van der Waals surface area contributed by atoms with Crippen molar-refractivity contribution in [2.24, 2.45) is 16.2 Å². The molecule has 9 heteroatoms. The summed E-state index contributed by atoms with van der Waals surface area (Å²) in [5.74, 6) is 5.81. The Kier molecular flexibility index (Phi) is 3.65. The van der Waals surface area contributed by atoms with Gasteiger partial charge in [-0.3, -0.25) is 5.01 Å². The number of anilines is 1. The van der Waals surface area contributed by atoms with Gasteiger partial charge in [-0.2, -0.15) is 8.42 Å². The van der Waals surface area contributed by atoms with Crippen LogP contribution >= 0.6 is 22.9 Å². The zero-order valence-corrected chi connectivity index (χ0v) is 11.9. The second kappa shape index (κ2) is 4.78. The lowest BCUT2D eigenvalue weighted by Crippen LogP contribution is -2.44. The topological polar surface area (TPSA) is 96.0 Å². The van der Waals surface area contributed by atoms with E-state index < -0.39 is 10.0 Å². The quantitative estimate of drug-likeness (QED) is 0.818. The van der Waals surface area contributed by atoms with Crippen LogP contribution in [0.4, 0.5) is 5.69 Å². The Bertz CT molecular complexity index is 596. The van der Waals surface area contributed by atoms with E-state index in [1.807, 2.05) is 0 Å². The average molecular weight is 310 g/mol. The van der Waals surface area contributed by atoms with E-state index in [9.17, 15) is 8.42 Å². The highest BCUT2D eigenvalue weighted by atomic mass is 35.5. The van der Waals surface area contributed by atoms with E-state index in [4.69, 9.17) is 22.6 Å². The van der Waals surface area contributed by atoms with Crippen LogP contribution in [0.5, 0.6) is 0 Å². The minimum absolute atomic E-state index is 0.0509. The first-order valence-electron chi connectivity index (χ1n) is 5.16. The third-order valence-electron chi connectivity index (χ3n) is 2.61. The minimum atomic E-state index is -3.75. The number of thiophene rings is 1. The first-order chi connectivity index (χ1) is 8.36. The van der Waals surface area contributed by atoms with Crippen molar-refractivity contribution in [3.05, 3.63) is 10.4 Å². The fraction of sp³-hybridized carbons (Fsp3) is 0.444. The molecule has 2 heterocycles. The molecule has 3 N–H and O–H groups in total. The van der Waals surface area contributed by atoms with Gasteiger partial charge in [-0.1, -0.05) is 18.5 Å². The van der Waals surface area contributed by atoms with Crippen molar-refractivity contribution in [2.45, 2.75) is 17.6 Å². The summed E-state index contributed by atoms with van der Waals surface area (Å²) in [6.07, 6.45) is 0.384. The van der Waals surface area contributed by atoms with Gasteiger partial charge in [-0.05, 0) is 12.5 Å². The Labute approximate surface area is 114 Å². The number of hydrogen-bond donors (Lipinski definition) is 2. The molecule has 0 bridgehead atoms. The number of fused-ring (bicyclic) bond motifs is 1. The van der Waals surface area contributed by atoms with Gasteiger partial charge in [0.25, 0.3) is 10.0 Å². The summed E-state index contributed by atoms with van der Waals surface area (Å²) in [6.45, 7) is 1.69. The average Bonchev–Trinajstić information content (AvgIpc) is 2.67. The van der Waals surface area contributed by atoms with Crippen LogP contribution in [0.3, 0.4) is 0 Å². The Balaban J connectivity index is 2.51. The van der Waals surface area contributed by atoms with Crippen LogP contribution in [0.25, 0.3) is 0 Å². The summed E-state index contributed by atoms with van der Waals surface area (Å²) in [5.41, 5.74) is 0.333. The summed E-state index contributed by atoms with van der Waals surface area (Å²) in [4.78, 5) is 0. The highest BCUT2D eigenvalue weighted by molar-refractivity contribution is 7.92. The van der Waals surface area contributed by atoms with Gasteiger partial charge in [-0.25, -0.2) is 5.84 Å². The fourth-order valence-electron chi connectivity index (χ4n) is 1.67. The second-order valence-electron chi connectivity index (χ2n) is 3.93. The second-order valence-corrected chi connectivity index (χ2v) is 7.41. The smallest absolute Gasteiger partial charge is 0.295 e. The van der Waals surface area contributed by atoms with Crippen LogP contribution in [0.15, 0.2) is 14.7 Å². The summed E-state index contributed by atoms with van der Waals surface area (Å²) in [5, 5.41) is 10.1. The highest BCUT2D eigenvalue weighted by Gasteiger charge is 2.33. The van der Waals surface area contributed by atoms with Gasteiger partial charge in [-0.15, -0.1) is 15.7 Å². The number of sulfonamides is 1. The molecule has 0 fully saturated rings. The van der Waals surface area contributed by atoms with E-state index in [-0.39, 0.29) is 22.6 Å². The maximum Gasteiger partial charge on any atom is 0.295 e. The summed E-state index contributed by atoms with van der Waals surface area (Å²) < 4.78 is 28.0. The van der Waals surface area contributed by atoms with Crippen molar-refractivity contribution >= 4 is 44.5 Å². The summed E-state index contributed by atoms with van der Waals surface area (Å²) in [6, 6.07) is 1.50. The Morgan fingerprint density at radius 3 is 2.94 bits per heavy atom. The van der Waals surface area contributed by atoms with Gasteiger partial charge in [0, 0.05) is 12.5 Å². The Hall–Kier alpha value is -0.670. The molecule has 1 aromatic rings. The van der Waals surface area contributed by atoms with Gasteiger partial charge in [0.1, 0.15) is 5.84 Å². The molecular formula is C9H12ClN3O3S2. The molecule has 100 valence electrons. The maximum absolute atomic E-state index is 12.0. The highest BCUT2D eigenvalue weighted by Crippen LogP contribution is 2.40. The SMILES string of the molecule is CC(CCO)C1=NS(=O)(=O)c2sc(Cl)cc2N1N. The number of halogens is 1. The van der Waals surface area contributed by atoms with Gasteiger partial charge in [0.15, 0.2) is 4.21 Å². The molecule has 0 spiro atoms. The number of rotatable bonds is 3. The van der Waals surface area contributed by atoms with Gasteiger partial charge >= 0.3 is 0 Å². The third kappa shape index (κ3) is 2.26. The molecule has 1 unspecified atom stereocenters. The van der Waals surface area contributed by atoms with Gasteiger partial charge in [0.2, 0.25) is 0 Å². The summed E-state index contributed by atoms with van der Waals surface area (Å²) in [7, 11) is -3.75. The van der Waals surface area contributed by atoms with E-state index in [0.717, 1.165) is 11.3 Å². The van der Waals surface area contributed by atoms with Crippen LogP contribution in [-0.2, 0) is 10.0 Å². The van der Waals surface area contributed by atoms with Crippen molar-refractivity contribution in [3.8, 4) is 0 Å². The number of aliphatic hydroxyl groups excluding tert-OH is 1. The van der Waals surface area contributed by atoms with Crippen molar-refractivity contribution in [1.29, 1.82) is 0 Å². The monoisotopic (exact) mass is 309 g/mol. The number of hydrogen-bond acceptors (Lipinski definition) is 6. The minimum Gasteiger partial charge on any atom is -0.396 e. The third-order valence-corrected chi connectivity index (χ3v) is 5.64. The molecule has 2 rings (SSSR count). The van der Waals surface area contributed by atoms with Crippen LogP contribution in [-0.4, -0.2) is 26.0 Å². The molecule has 18 heavy (non-hydrogen) atoms. The van der Waals surface area contributed by atoms with Crippen LogP contribution in [0.2, 0.25) is 4.34 Å². The zero-order chi connectivity index (χ0) is 13.5. The first kappa shape index (κ1) is 13.8. The van der Waals surface area contributed by atoms with E-state index in [2.05, 4.69) is 4.40 Å². The summed E-state index contributed by atoms with van der Waals surface area (Å²) >= 11 is 6.74. The van der Waals surface area contributed by atoms with E-state index in [1.54, 1.807) is 6.92 Å². The molecule has 1 atom stereocenters. The normalized spacial score (nSPS) is 19.3. The van der Waals surface area contributed by atoms with Crippen molar-refractivity contribution in [1.82, 2.24) is 0 Å². The number of aliphatic hydroxyl groups is 1. The molecule has 1 aliphatic heterocycles. The number of nitrogens with zero attached hydrogens (tertiary/aromatic N) is 2. The lowest BCUT2D eigenvalue weighted by atomic mass is 10.1. The van der Waals surface area contributed by atoms with Crippen molar-refractivity contribution < 1.29 is 13.5 Å². The van der Waals surface area contributed by atoms with Crippen LogP contribution in [0.1, 0.15) is 13.3 Å². The molecule has 1 aromatic heterocycles. The number of hydrazine groups is 1. The van der Waals surface area contributed by atoms with E-state index in [1.165, 1.54) is 11.1 Å². The molecular weight excluding hydrogens is 298 g/mol. The Morgan fingerprint density at radius 2 is 2.33 bits per heavy atom. The molecule has 0 amide bonds. The maximum atomic E-state index is 12.0. The van der Waals surface area contributed by atoms with Gasteiger partial charge < -0.3 is 5.11 Å². The lowest BCUT2D eigenvalue weighted by Gasteiger charge is -2.27. The molecule has 0 aliphatic carbocycles. The zero-order valence-electron chi connectivity index (χ0n) is 9.50. The van der Waals surface area contributed by atoms with Crippen molar-refractivity contribution in [2.75, 3.05) is 11.6 Å². The van der Waals surface area contributed by atoms with Crippen molar-refractivity contribution in [3.63, 3.8) is 0 Å². The molecule has 0 radical (unpaired) electrons. The number of nitrogens with two attached hydrogens (primary N) is 1. The van der Waals surface area contributed by atoms with Crippen LogP contribution < -0.4 is 10.9 Å². The molecule has 1 aliphatic rings. The first-order valence-corrected chi connectivity index (χ1v) is 7.80. The molecule has 6 nitrogen and oxygen atoms in total. The largest absolute Gasteiger partial charge is 0.396 e.